The van der Waals surface area contributed by atoms with Gasteiger partial charge in [0.1, 0.15) is 10.7 Å². The van der Waals surface area contributed by atoms with Gasteiger partial charge in [-0.3, -0.25) is 4.79 Å². The predicted molar refractivity (Wildman–Crippen MR) is 98.9 cm³/mol. The number of nitrogens with zero attached hydrogens (tertiary/aromatic N) is 2. The summed E-state index contributed by atoms with van der Waals surface area (Å²) in [6.45, 7) is 0.457. The molecule has 0 atom stereocenters. The minimum Gasteiger partial charge on any atom is -0.355 e. The minimum atomic E-state index is -3.51. The molecule has 1 amide bonds. The maximum absolute atomic E-state index is 12.8. The number of benzene rings is 1. The van der Waals surface area contributed by atoms with Gasteiger partial charge in [-0.15, -0.1) is 0 Å². The number of nitrogens with one attached hydrogen (secondary N) is 1. The molecule has 6 nitrogen and oxygen atoms in total. The van der Waals surface area contributed by atoms with Crippen molar-refractivity contribution in [2.45, 2.75) is 16.3 Å². The predicted octanol–water partition coefficient (Wildman–Crippen LogP) is 1.92. The highest BCUT2D eigenvalue weighted by Gasteiger charge is 2.17. The van der Waals surface area contributed by atoms with Crippen LogP contribution in [0.5, 0.6) is 0 Å². The number of halogens is 1. The lowest BCUT2D eigenvalue weighted by Gasteiger charge is -2.11. The molecule has 1 heterocycles. The van der Waals surface area contributed by atoms with E-state index in [1.807, 2.05) is 0 Å². The van der Waals surface area contributed by atoms with Crippen molar-refractivity contribution in [2.75, 3.05) is 26.4 Å². The highest BCUT2D eigenvalue weighted by molar-refractivity contribution is 7.99. The van der Waals surface area contributed by atoms with Gasteiger partial charge in [0.15, 0.2) is 0 Å². The lowest BCUT2D eigenvalue weighted by atomic mass is 10.1. The quantitative estimate of drug-likeness (QED) is 0.689. The van der Waals surface area contributed by atoms with Crippen molar-refractivity contribution in [1.29, 1.82) is 0 Å². The summed E-state index contributed by atoms with van der Waals surface area (Å²) in [5, 5.41) is 3.35. The number of thioether (sulfide) groups is 1. The Kier molecular flexibility index (Phi) is 7.13. The molecule has 1 N–H and O–H groups in total. The van der Waals surface area contributed by atoms with Crippen LogP contribution < -0.4 is 5.32 Å². The largest absolute Gasteiger partial charge is 0.355 e. The highest BCUT2D eigenvalue weighted by atomic mass is 32.2. The Morgan fingerprint density at radius 1 is 1.19 bits per heavy atom. The third-order valence-corrected chi connectivity index (χ3v) is 6.23. The van der Waals surface area contributed by atoms with Crippen molar-refractivity contribution in [2.24, 2.45) is 0 Å². The summed E-state index contributed by atoms with van der Waals surface area (Å²) in [5.41, 5.74) is 0.943. The van der Waals surface area contributed by atoms with Crippen LogP contribution in [0.15, 0.2) is 52.5 Å². The molecule has 0 fully saturated rings. The maximum Gasteiger partial charge on any atom is 0.244 e. The molecule has 0 radical (unpaired) electrons. The van der Waals surface area contributed by atoms with Gasteiger partial charge in [-0.05, 0) is 36.2 Å². The number of hydrogen-bond acceptors (Lipinski definition) is 5. The topological polar surface area (TPSA) is 79.4 Å². The van der Waals surface area contributed by atoms with E-state index in [9.17, 15) is 17.6 Å². The van der Waals surface area contributed by atoms with Crippen LogP contribution in [0.2, 0.25) is 0 Å². The van der Waals surface area contributed by atoms with E-state index in [1.165, 1.54) is 50.3 Å². The molecule has 26 heavy (non-hydrogen) atoms. The Labute approximate surface area is 156 Å². The number of carbonyl (C=O) groups excluding carboxylic acids is 1. The Hall–Kier alpha value is -1.97. The van der Waals surface area contributed by atoms with Crippen LogP contribution in [0.3, 0.4) is 0 Å². The van der Waals surface area contributed by atoms with Gasteiger partial charge in [0.2, 0.25) is 15.9 Å². The van der Waals surface area contributed by atoms with Crippen LogP contribution in [0.25, 0.3) is 0 Å². The number of aromatic nitrogens is 1. The Morgan fingerprint density at radius 2 is 1.88 bits per heavy atom. The first-order valence-electron chi connectivity index (χ1n) is 7.81. The summed E-state index contributed by atoms with van der Waals surface area (Å²) in [5.74, 6) is -0.258. The zero-order chi connectivity index (χ0) is 19.2. The van der Waals surface area contributed by atoms with Crippen molar-refractivity contribution >= 4 is 27.7 Å². The second-order valence-corrected chi connectivity index (χ2v) is 8.78. The Bertz CT molecular complexity index is 839. The zero-order valence-corrected chi connectivity index (χ0v) is 16.1. The van der Waals surface area contributed by atoms with Crippen molar-refractivity contribution in [1.82, 2.24) is 14.6 Å². The van der Waals surface area contributed by atoms with Crippen LogP contribution >= 0.6 is 11.8 Å². The van der Waals surface area contributed by atoms with Crippen LogP contribution in [-0.4, -0.2) is 50.0 Å². The van der Waals surface area contributed by atoms with E-state index >= 15 is 0 Å². The van der Waals surface area contributed by atoms with E-state index in [2.05, 4.69) is 10.3 Å². The molecule has 0 spiro atoms. The number of carbonyl (C=O) groups is 1. The Morgan fingerprint density at radius 3 is 2.46 bits per heavy atom. The molecule has 0 saturated heterocycles. The van der Waals surface area contributed by atoms with Crippen molar-refractivity contribution < 1.29 is 17.6 Å². The summed E-state index contributed by atoms with van der Waals surface area (Å²) in [6, 6.07) is 9.19. The third-order valence-electron chi connectivity index (χ3n) is 3.49. The second-order valence-electron chi connectivity index (χ2n) is 5.63. The SMILES string of the molecule is CN(C)S(=O)(=O)c1ccc(SCC(=O)NCCc2ccc(F)cc2)nc1. The van der Waals surface area contributed by atoms with Gasteiger partial charge in [0.25, 0.3) is 0 Å². The molecule has 2 rings (SSSR count). The van der Waals surface area contributed by atoms with Crippen LogP contribution in [0, 0.1) is 5.82 Å². The number of amides is 1. The fourth-order valence-electron chi connectivity index (χ4n) is 2.00. The van der Waals surface area contributed by atoms with Gasteiger partial charge in [-0.2, -0.15) is 0 Å². The fourth-order valence-corrected chi connectivity index (χ4v) is 3.52. The van der Waals surface area contributed by atoms with E-state index in [0.29, 0.717) is 18.0 Å². The molecule has 0 aliphatic heterocycles. The van der Waals surface area contributed by atoms with Gasteiger partial charge in [0, 0.05) is 26.8 Å². The van der Waals surface area contributed by atoms with Crippen LogP contribution in [-0.2, 0) is 21.2 Å². The highest BCUT2D eigenvalue weighted by Crippen LogP contribution is 2.18. The first kappa shape index (κ1) is 20.3. The fraction of sp³-hybridized carbons (Fsp3) is 0.294. The number of hydrogen-bond donors (Lipinski definition) is 1. The normalized spacial score (nSPS) is 11.5. The second kappa shape index (κ2) is 9.11. The summed E-state index contributed by atoms with van der Waals surface area (Å²) in [6.07, 6.45) is 1.90. The molecular weight excluding hydrogens is 377 g/mol. The van der Waals surface area contributed by atoms with Crippen molar-refractivity contribution in [3.63, 3.8) is 0 Å². The van der Waals surface area contributed by atoms with E-state index in [4.69, 9.17) is 0 Å². The lowest BCUT2D eigenvalue weighted by Crippen LogP contribution is -2.27. The molecule has 9 heteroatoms. The lowest BCUT2D eigenvalue weighted by molar-refractivity contribution is -0.118. The monoisotopic (exact) mass is 397 g/mol. The summed E-state index contributed by atoms with van der Waals surface area (Å²) in [4.78, 5) is 16.0. The summed E-state index contributed by atoms with van der Waals surface area (Å²) < 4.78 is 37.8. The molecule has 0 saturated carbocycles. The first-order chi connectivity index (χ1) is 12.3. The maximum atomic E-state index is 12.8. The van der Waals surface area contributed by atoms with Gasteiger partial charge in [0.05, 0.1) is 10.8 Å². The van der Waals surface area contributed by atoms with Crippen molar-refractivity contribution in [3.05, 3.63) is 54.0 Å². The molecule has 0 bridgehead atoms. The van der Waals surface area contributed by atoms with E-state index in [0.717, 1.165) is 9.87 Å². The van der Waals surface area contributed by atoms with Gasteiger partial charge >= 0.3 is 0 Å². The molecule has 1 aromatic carbocycles. The average molecular weight is 397 g/mol. The minimum absolute atomic E-state index is 0.107. The molecule has 0 aliphatic carbocycles. The van der Waals surface area contributed by atoms with E-state index < -0.39 is 10.0 Å². The Balaban J connectivity index is 1.77. The van der Waals surface area contributed by atoms with E-state index in [-0.39, 0.29) is 22.4 Å². The first-order valence-corrected chi connectivity index (χ1v) is 10.2. The number of sulfonamides is 1. The van der Waals surface area contributed by atoms with Gasteiger partial charge in [-0.1, -0.05) is 23.9 Å². The molecule has 2 aromatic rings. The summed E-state index contributed by atoms with van der Waals surface area (Å²) in [7, 11) is -0.602. The van der Waals surface area contributed by atoms with Crippen LogP contribution in [0.1, 0.15) is 5.56 Å². The molecule has 140 valence electrons. The molecular formula is C17H20FN3O3S2. The van der Waals surface area contributed by atoms with E-state index in [1.54, 1.807) is 18.2 Å². The summed E-state index contributed by atoms with van der Waals surface area (Å²) >= 11 is 1.22. The van der Waals surface area contributed by atoms with Gasteiger partial charge in [-0.25, -0.2) is 22.1 Å². The zero-order valence-electron chi connectivity index (χ0n) is 14.5. The third kappa shape index (κ3) is 5.79. The molecule has 0 aliphatic rings. The average Bonchev–Trinajstić information content (AvgIpc) is 2.62. The smallest absolute Gasteiger partial charge is 0.244 e. The standard InChI is InChI=1S/C17H20FN3O3S2/c1-21(2)26(23,24)15-7-8-17(20-11-15)25-12-16(22)19-10-9-13-3-5-14(18)6-4-13/h3-8,11H,9-10,12H2,1-2H3,(H,19,22). The van der Waals surface area contributed by atoms with Crippen LogP contribution in [0.4, 0.5) is 4.39 Å². The molecule has 1 aromatic heterocycles. The van der Waals surface area contributed by atoms with Gasteiger partial charge < -0.3 is 5.32 Å². The van der Waals surface area contributed by atoms with Crippen molar-refractivity contribution in [3.8, 4) is 0 Å². The number of rotatable bonds is 8. The number of pyridine rings is 1. The molecule has 0 unspecified atom stereocenters.